The molecule has 0 unspecified atom stereocenters. The number of aromatic nitrogens is 2. The Morgan fingerprint density at radius 2 is 2.00 bits per heavy atom. The van der Waals surface area contributed by atoms with Crippen LogP contribution in [0.25, 0.3) is 10.9 Å². The van der Waals surface area contributed by atoms with E-state index in [4.69, 9.17) is 4.74 Å². The van der Waals surface area contributed by atoms with E-state index in [1.165, 1.54) is 6.21 Å². The quantitative estimate of drug-likeness (QED) is 0.551. The fraction of sp³-hybridized carbons (Fsp3) is 0.111. The highest BCUT2D eigenvalue weighted by Crippen LogP contribution is 2.10. The summed E-state index contributed by atoms with van der Waals surface area (Å²) >= 11 is 0. The minimum absolute atomic E-state index is 0.0902. The van der Waals surface area contributed by atoms with Crippen molar-refractivity contribution in [2.75, 3.05) is 6.61 Å². The summed E-state index contributed by atoms with van der Waals surface area (Å²) in [7, 11) is 0. The summed E-state index contributed by atoms with van der Waals surface area (Å²) in [5, 5.41) is 4.30. The van der Waals surface area contributed by atoms with Crippen molar-refractivity contribution in [2.45, 2.75) is 6.92 Å². The fourth-order valence-corrected chi connectivity index (χ4v) is 2.23. The lowest BCUT2D eigenvalue weighted by atomic mass is 10.2. The van der Waals surface area contributed by atoms with Crippen LogP contribution < -0.4 is 15.7 Å². The van der Waals surface area contributed by atoms with Crippen molar-refractivity contribution >= 4 is 23.0 Å². The zero-order valence-corrected chi connectivity index (χ0v) is 13.5. The second-order valence-electron chi connectivity index (χ2n) is 5.13. The molecular weight excluding hydrogens is 320 g/mol. The van der Waals surface area contributed by atoms with E-state index in [0.29, 0.717) is 17.5 Å². The molecule has 1 heterocycles. The number of carbonyl (C=O) groups is 1. The molecule has 0 aliphatic rings. The third-order valence-corrected chi connectivity index (χ3v) is 3.40. The monoisotopic (exact) mass is 336 g/mol. The molecule has 0 radical (unpaired) electrons. The first-order valence-corrected chi connectivity index (χ1v) is 7.72. The standard InChI is InChI=1S/C18H16N4O3/c1-2-25-13-9-7-12(8-10-13)11-19-22-18(24)16-20-15-6-4-3-5-14(15)17(23)21-16/h3-11H,2H2,1H3,(H,22,24)(H,20,21,23). The van der Waals surface area contributed by atoms with E-state index in [2.05, 4.69) is 20.5 Å². The molecule has 25 heavy (non-hydrogen) atoms. The molecule has 0 bridgehead atoms. The molecule has 1 aromatic heterocycles. The maximum absolute atomic E-state index is 12.1. The van der Waals surface area contributed by atoms with Crippen LogP contribution in [0.2, 0.25) is 0 Å². The topological polar surface area (TPSA) is 96.4 Å². The smallest absolute Gasteiger partial charge is 0.307 e. The van der Waals surface area contributed by atoms with Gasteiger partial charge in [-0.3, -0.25) is 9.59 Å². The van der Waals surface area contributed by atoms with Gasteiger partial charge in [0.1, 0.15) is 5.75 Å². The molecule has 0 saturated carbocycles. The fourth-order valence-electron chi connectivity index (χ4n) is 2.23. The highest BCUT2D eigenvalue weighted by atomic mass is 16.5. The van der Waals surface area contributed by atoms with Crippen LogP contribution in [0, 0.1) is 0 Å². The van der Waals surface area contributed by atoms with Crippen molar-refractivity contribution in [3.8, 4) is 5.75 Å². The van der Waals surface area contributed by atoms with E-state index in [1.54, 1.807) is 24.3 Å². The number of amides is 1. The molecule has 0 fully saturated rings. The normalized spacial score (nSPS) is 10.9. The Morgan fingerprint density at radius 3 is 2.76 bits per heavy atom. The Hall–Kier alpha value is -3.48. The number of nitrogens with zero attached hydrogens (tertiary/aromatic N) is 2. The molecule has 0 aliphatic carbocycles. The number of hydrazone groups is 1. The Morgan fingerprint density at radius 1 is 1.24 bits per heavy atom. The van der Waals surface area contributed by atoms with Crippen molar-refractivity contribution in [2.24, 2.45) is 5.10 Å². The predicted molar refractivity (Wildman–Crippen MR) is 95.0 cm³/mol. The molecule has 2 aromatic carbocycles. The molecule has 126 valence electrons. The van der Waals surface area contributed by atoms with E-state index in [1.807, 2.05) is 31.2 Å². The number of aromatic amines is 1. The molecule has 3 aromatic rings. The largest absolute Gasteiger partial charge is 0.494 e. The Bertz CT molecular complexity index is 978. The number of benzene rings is 2. The maximum Gasteiger partial charge on any atom is 0.307 e. The van der Waals surface area contributed by atoms with Crippen LogP contribution >= 0.6 is 0 Å². The van der Waals surface area contributed by atoms with Crippen LogP contribution in [0.15, 0.2) is 58.4 Å². The lowest BCUT2D eigenvalue weighted by Crippen LogP contribution is -2.24. The number of hydrogen-bond donors (Lipinski definition) is 2. The summed E-state index contributed by atoms with van der Waals surface area (Å²) in [4.78, 5) is 30.6. The summed E-state index contributed by atoms with van der Waals surface area (Å²) in [6, 6.07) is 14.1. The molecule has 1 amide bonds. The highest BCUT2D eigenvalue weighted by Gasteiger charge is 2.10. The van der Waals surface area contributed by atoms with Crippen molar-refractivity contribution in [3.63, 3.8) is 0 Å². The van der Waals surface area contributed by atoms with Crippen LogP contribution in [-0.2, 0) is 0 Å². The van der Waals surface area contributed by atoms with E-state index in [0.717, 1.165) is 11.3 Å². The SMILES string of the molecule is CCOc1ccc(C=NNC(=O)c2nc3ccccc3c(=O)[nH]2)cc1. The van der Waals surface area contributed by atoms with Crippen LogP contribution in [0.3, 0.4) is 0 Å². The summed E-state index contributed by atoms with van der Waals surface area (Å²) in [6.45, 7) is 2.51. The number of ether oxygens (including phenoxy) is 1. The lowest BCUT2D eigenvalue weighted by Gasteiger charge is -2.03. The van der Waals surface area contributed by atoms with Crippen molar-refractivity contribution < 1.29 is 9.53 Å². The molecule has 0 atom stereocenters. The molecule has 2 N–H and O–H groups in total. The van der Waals surface area contributed by atoms with E-state index in [-0.39, 0.29) is 11.4 Å². The number of H-pyrrole nitrogens is 1. The van der Waals surface area contributed by atoms with Gasteiger partial charge in [-0.25, -0.2) is 10.4 Å². The van der Waals surface area contributed by atoms with Crippen LogP contribution in [-0.4, -0.2) is 28.7 Å². The Kier molecular flexibility index (Phi) is 4.84. The Balaban J connectivity index is 1.71. The van der Waals surface area contributed by atoms with E-state index < -0.39 is 5.91 Å². The molecule has 0 saturated heterocycles. The van der Waals surface area contributed by atoms with Crippen molar-refractivity contribution in [3.05, 3.63) is 70.3 Å². The van der Waals surface area contributed by atoms with Gasteiger partial charge in [-0.15, -0.1) is 0 Å². The van der Waals surface area contributed by atoms with Crippen LogP contribution in [0.4, 0.5) is 0 Å². The second-order valence-corrected chi connectivity index (χ2v) is 5.13. The molecule has 7 heteroatoms. The highest BCUT2D eigenvalue weighted by molar-refractivity contribution is 5.93. The molecule has 0 aliphatic heterocycles. The summed E-state index contributed by atoms with van der Waals surface area (Å²) in [5.74, 6) is 0.0826. The van der Waals surface area contributed by atoms with Gasteiger partial charge in [0.15, 0.2) is 0 Å². The first-order chi connectivity index (χ1) is 12.2. The van der Waals surface area contributed by atoms with Crippen LogP contribution in [0.1, 0.15) is 23.1 Å². The average Bonchev–Trinajstić information content (AvgIpc) is 2.63. The molecule has 7 nitrogen and oxygen atoms in total. The number of carbonyl (C=O) groups excluding carboxylic acids is 1. The second kappa shape index (κ2) is 7.39. The Labute approximate surface area is 143 Å². The minimum atomic E-state index is -0.593. The molecular formula is C18H16N4O3. The zero-order chi connectivity index (χ0) is 17.6. The van der Waals surface area contributed by atoms with Gasteiger partial charge in [0.05, 0.1) is 23.7 Å². The van der Waals surface area contributed by atoms with E-state index in [9.17, 15) is 9.59 Å². The first kappa shape index (κ1) is 16.4. The maximum atomic E-state index is 12.1. The van der Waals surface area contributed by atoms with Crippen molar-refractivity contribution in [1.29, 1.82) is 0 Å². The summed E-state index contributed by atoms with van der Waals surface area (Å²) < 4.78 is 5.35. The lowest BCUT2D eigenvalue weighted by molar-refractivity contribution is 0.0945. The summed E-state index contributed by atoms with van der Waals surface area (Å²) in [5.41, 5.74) is 3.22. The summed E-state index contributed by atoms with van der Waals surface area (Å²) in [6.07, 6.45) is 1.49. The van der Waals surface area contributed by atoms with Gasteiger partial charge in [0.25, 0.3) is 5.56 Å². The van der Waals surface area contributed by atoms with Gasteiger partial charge in [-0.2, -0.15) is 5.10 Å². The van der Waals surface area contributed by atoms with Crippen LogP contribution in [0.5, 0.6) is 5.75 Å². The number of fused-ring (bicyclic) bond motifs is 1. The zero-order valence-electron chi connectivity index (χ0n) is 13.5. The third kappa shape index (κ3) is 3.89. The predicted octanol–water partition coefficient (Wildman–Crippen LogP) is 2.09. The number of para-hydroxylation sites is 1. The molecule has 0 spiro atoms. The van der Waals surface area contributed by atoms with Gasteiger partial charge >= 0.3 is 5.91 Å². The number of nitrogens with one attached hydrogen (secondary N) is 2. The van der Waals surface area contributed by atoms with Gasteiger partial charge in [0, 0.05) is 0 Å². The van der Waals surface area contributed by atoms with Crippen molar-refractivity contribution in [1.82, 2.24) is 15.4 Å². The number of rotatable bonds is 5. The van der Waals surface area contributed by atoms with E-state index >= 15 is 0 Å². The van der Waals surface area contributed by atoms with Gasteiger partial charge in [-0.1, -0.05) is 12.1 Å². The molecule has 3 rings (SSSR count). The number of hydrogen-bond acceptors (Lipinski definition) is 5. The third-order valence-electron chi connectivity index (χ3n) is 3.40. The minimum Gasteiger partial charge on any atom is -0.494 e. The van der Waals surface area contributed by atoms with Gasteiger partial charge < -0.3 is 9.72 Å². The van der Waals surface area contributed by atoms with Gasteiger partial charge in [-0.05, 0) is 48.9 Å². The van der Waals surface area contributed by atoms with Gasteiger partial charge in [0.2, 0.25) is 5.82 Å². The average molecular weight is 336 g/mol. The first-order valence-electron chi connectivity index (χ1n) is 7.72.